The standard InChI is InChI=1S/C18H18ClN7O2/c19-14-3-1-2-4-15(14)28-10-18(27)25-7-5-24(6-8-25)16-9-17(22-12-21-16)26-13-20-11-23-26/h1-4,9,11-13H,5-8,10H2. The molecule has 1 saturated heterocycles. The van der Waals surface area contributed by atoms with E-state index in [1.54, 1.807) is 28.0 Å². The SMILES string of the molecule is O=C(COc1ccccc1Cl)N1CCN(c2cc(-n3cncn3)ncn2)CC1. The average Bonchev–Trinajstić information content (AvgIpc) is 3.28. The van der Waals surface area contributed by atoms with Crippen LogP contribution >= 0.6 is 11.6 Å². The fourth-order valence-corrected chi connectivity index (χ4v) is 3.13. The fraction of sp³-hybridized carbons (Fsp3) is 0.278. The number of para-hydroxylation sites is 1. The number of rotatable bonds is 5. The summed E-state index contributed by atoms with van der Waals surface area (Å²) in [5.74, 6) is 1.89. The number of carbonyl (C=O) groups excluding carboxylic acids is 1. The number of halogens is 1. The second-order valence-corrected chi connectivity index (χ2v) is 6.57. The number of anilines is 1. The van der Waals surface area contributed by atoms with Gasteiger partial charge in [-0.3, -0.25) is 4.79 Å². The van der Waals surface area contributed by atoms with Crippen LogP contribution in [0.1, 0.15) is 0 Å². The summed E-state index contributed by atoms with van der Waals surface area (Å²) in [6.07, 6.45) is 4.54. The number of nitrogens with zero attached hydrogens (tertiary/aromatic N) is 7. The summed E-state index contributed by atoms with van der Waals surface area (Å²) in [4.78, 5) is 28.8. The number of carbonyl (C=O) groups is 1. The molecule has 28 heavy (non-hydrogen) atoms. The summed E-state index contributed by atoms with van der Waals surface area (Å²) in [5.41, 5.74) is 0. The molecule has 0 bridgehead atoms. The predicted molar refractivity (Wildman–Crippen MR) is 103 cm³/mol. The smallest absolute Gasteiger partial charge is 0.260 e. The van der Waals surface area contributed by atoms with Crippen LogP contribution in [0.3, 0.4) is 0 Å². The van der Waals surface area contributed by atoms with Crippen molar-refractivity contribution in [3.63, 3.8) is 0 Å². The van der Waals surface area contributed by atoms with Crippen LogP contribution in [0.25, 0.3) is 5.82 Å². The lowest BCUT2D eigenvalue weighted by Crippen LogP contribution is -2.50. The molecule has 3 heterocycles. The van der Waals surface area contributed by atoms with E-state index in [1.807, 2.05) is 18.2 Å². The van der Waals surface area contributed by atoms with Crippen molar-refractivity contribution in [2.75, 3.05) is 37.7 Å². The summed E-state index contributed by atoms with van der Waals surface area (Å²) in [6.45, 7) is 2.49. The molecule has 0 unspecified atom stereocenters. The first-order chi connectivity index (χ1) is 13.7. The highest BCUT2D eigenvalue weighted by Crippen LogP contribution is 2.23. The fourth-order valence-electron chi connectivity index (χ4n) is 2.94. The van der Waals surface area contributed by atoms with Gasteiger partial charge in [-0.2, -0.15) is 5.10 Å². The van der Waals surface area contributed by atoms with Crippen molar-refractivity contribution in [2.45, 2.75) is 0 Å². The lowest BCUT2D eigenvalue weighted by molar-refractivity contribution is -0.133. The summed E-state index contributed by atoms with van der Waals surface area (Å²) >= 11 is 6.05. The van der Waals surface area contributed by atoms with Gasteiger partial charge in [0.1, 0.15) is 30.5 Å². The molecular formula is C18H18ClN7O2. The molecule has 1 amide bonds. The van der Waals surface area contributed by atoms with Crippen molar-refractivity contribution in [1.82, 2.24) is 29.6 Å². The summed E-state index contributed by atoms with van der Waals surface area (Å²) < 4.78 is 7.13. The van der Waals surface area contributed by atoms with E-state index in [0.29, 0.717) is 42.8 Å². The van der Waals surface area contributed by atoms with Crippen molar-refractivity contribution in [3.8, 4) is 11.6 Å². The number of amides is 1. The van der Waals surface area contributed by atoms with Crippen LogP contribution in [0.15, 0.2) is 49.3 Å². The maximum Gasteiger partial charge on any atom is 0.260 e. The Morgan fingerprint density at radius 3 is 2.61 bits per heavy atom. The number of hydrogen-bond donors (Lipinski definition) is 0. The van der Waals surface area contributed by atoms with Crippen molar-refractivity contribution in [3.05, 3.63) is 54.3 Å². The van der Waals surface area contributed by atoms with E-state index >= 15 is 0 Å². The molecule has 1 aliphatic heterocycles. The molecule has 9 nitrogen and oxygen atoms in total. The normalized spacial score (nSPS) is 14.2. The minimum atomic E-state index is -0.0643. The van der Waals surface area contributed by atoms with Gasteiger partial charge in [0.15, 0.2) is 12.4 Å². The first-order valence-electron chi connectivity index (χ1n) is 8.78. The number of ether oxygens (including phenoxy) is 1. The highest BCUT2D eigenvalue weighted by molar-refractivity contribution is 6.32. The average molecular weight is 400 g/mol. The van der Waals surface area contributed by atoms with E-state index < -0.39 is 0 Å². The van der Waals surface area contributed by atoms with E-state index in [2.05, 4.69) is 25.0 Å². The van der Waals surface area contributed by atoms with Gasteiger partial charge in [0, 0.05) is 32.2 Å². The van der Waals surface area contributed by atoms with Crippen LogP contribution in [0.2, 0.25) is 5.02 Å². The number of hydrogen-bond acceptors (Lipinski definition) is 7. The lowest BCUT2D eigenvalue weighted by atomic mass is 10.3. The van der Waals surface area contributed by atoms with Gasteiger partial charge >= 0.3 is 0 Å². The Kier molecular flexibility index (Phi) is 5.34. The lowest BCUT2D eigenvalue weighted by Gasteiger charge is -2.35. The van der Waals surface area contributed by atoms with E-state index in [0.717, 1.165) is 5.82 Å². The van der Waals surface area contributed by atoms with Gasteiger partial charge in [-0.25, -0.2) is 19.6 Å². The highest BCUT2D eigenvalue weighted by Gasteiger charge is 2.22. The van der Waals surface area contributed by atoms with Crippen LogP contribution in [-0.4, -0.2) is 68.3 Å². The Morgan fingerprint density at radius 1 is 1.07 bits per heavy atom. The highest BCUT2D eigenvalue weighted by atomic mass is 35.5. The maximum atomic E-state index is 12.4. The minimum Gasteiger partial charge on any atom is -0.482 e. The number of piperazine rings is 1. The van der Waals surface area contributed by atoms with Crippen LogP contribution in [0, 0.1) is 0 Å². The van der Waals surface area contributed by atoms with Crippen LogP contribution in [0.5, 0.6) is 5.75 Å². The zero-order valence-corrected chi connectivity index (χ0v) is 15.7. The van der Waals surface area contributed by atoms with Crippen LogP contribution in [0.4, 0.5) is 5.82 Å². The molecular weight excluding hydrogens is 382 g/mol. The molecule has 0 atom stereocenters. The van der Waals surface area contributed by atoms with Crippen molar-refractivity contribution >= 4 is 23.3 Å². The van der Waals surface area contributed by atoms with E-state index in [-0.39, 0.29) is 12.5 Å². The van der Waals surface area contributed by atoms with Crippen LogP contribution < -0.4 is 9.64 Å². The Bertz CT molecular complexity index is 943. The molecule has 144 valence electrons. The molecule has 3 aromatic rings. The van der Waals surface area contributed by atoms with Gasteiger partial charge in [-0.05, 0) is 12.1 Å². The quantitative estimate of drug-likeness (QED) is 0.641. The predicted octanol–water partition coefficient (Wildman–Crippen LogP) is 1.44. The Morgan fingerprint density at radius 2 is 1.86 bits per heavy atom. The molecule has 0 saturated carbocycles. The van der Waals surface area contributed by atoms with Gasteiger partial charge in [-0.15, -0.1) is 0 Å². The van der Waals surface area contributed by atoms with Gasteiger partial charge in [0.25, 0.3) is 5.91 Å². The molecule has 0 aliphatic carbocycles. The molecule has 4 rings (SSSR count). The third-order valence-corrected chi connectivity index (χ3v) is 4.75. The molecule has 0 spiro atoms. The van der Waals surface area contributed by atoms with E-state index in [9.17, 15) is 4.79 Å². The van der Waals surface area contributed by atoms with Crippen molar-refractivity contribution in [1.29, 1.82) is 0 Å². The summed E-state index contributed by atoms with van der Waals surface area (Å²) in [5, 5.41) is 4.57. The summed E-state index contributed by atoms with van der Waals surface area (Å²) in [7, 11) is 0. The van der Waals surface area contributed by atoms with Crippen molar-refractivity contribution < 1.29 is 9.53 Å². The molecule has 0 N–H and O–H groups in total. The Hall–Kier alpha value is -3.20. The van der Waals surface area contributed by atoms with E-state index in [4.69, 9.17) is 16.3 Å². The van der Waals surface area contributed by atoms with Gasteiger partial charge < -0.3 is 14.5 Å². The molecule has 0 radical (unpaired) electrons. The Labute approximate surface area is 166 Å². The molecule has 1 aliphatic rings. The first kappa shape index (κ1) is 18.2. The Balaban J connectivity index is 1.33. The van der Waals surface area contributed by atoms with Gasteiger partial charge in [0.2, 0.25) is 0 Å². The second-order valence-electron chi connectivity index (χ2n) is 6.16. The molecule has 2 aromatic heterocycles. The monoisotopic (exact) mass is 399 g/mol. The maximum absolute atomic E-state index is 12.4. The first-order valence-corrected chi connectivity index (χ1v) is 9.15. The third kappa shape index (κ3) is 4.04. The third-order valence-electron chi connectivity index (χ3n) is 4.44. The topological polar surface area (TPSA) is 89.3 Å². The van der Waals surface area contributed by atoms with Crippen LogP contribution in [-0.2, 0) is 4.79 Å². The van der Waals surface area contributed by atoms with E-state index in [1.165, 1.54) is 12.7 Å². The van der Waals surface area contributed by atoms with Gasteiger partial charge in [-0.1, -0.05) is 23.7 Å². The second kappa shape index (κ2) is 8.22. The van der Waals surface area contributed by atoms with Gasteiger partial charge in [0.05, 0.1) is 5.02 Å². The largest absolute Gasteiger partial charge is 0.482 e. The zero-order valence-electron chi connectivity index (χ0n) is 15.0. The summed E-state index contributed by atoms with van der Waals surface area (Å²) in [6, 6.07) is 8.97. The molecule has 1 aromatic carbocycles. The molecule has 1 fully saturated rings. The number of benzene rings is 1. The number of aromatic nitrogens is 5. The zero-order chi connectivity index (χ0) is 19.3. The minimum absolute atomic E-state index is 0.0340. The van der Waals surface area contributed by atoms with Crippen molar-refractivity contribution in [2.24, 2.45) is 0 Å². The molecule has 10 heteroatoms.